The van der Waals surface area contributed by atoms with Crippen molar-refractivity contribution in [2.45, 2.75) is 39.3 Å². The van der Waals surface area contributed by atoms with Crippen molar-refractivity contribution in [3.05, 3.63) is 27.3 Å². The van der Waals surface area contributed by atoms with Crippen LogP contribution < -0.4 is 10.1 Å². The first kappa shape index (κ1) is 16.7. The molecule has 0 heterocycles. The lowest BCUT2D eigenvalue weighted by Crippen LogP contribution is -2.41. The van der Waals surface area contributed by atoms with Crippen molar-refractivity contribution in [3.63, 3.8) is 0 Å². The van der Waals surface area contributed by atoms with E-state index in [0.29, 0.717) is 5.75 Å². The number of carboxylic acids is 1. The van der Waals surface area contributed by atoms with E-state index in [2.05, 4.69) is 5.32 Å². The minimum absolute atomic E-state index is 0.0815. The molecule has 5 nitrogen and oxygen atoms in total. The molecule has 1 aromatic rings. The highest BCUT2D eigenvalue weighted by molar-refractivity contribution is 14.1. The summed E-state index contributed by atoms with van der Waals surface area (Å²) in [5.74, 6) is -0.837. The first-order valence-corrected chi connectivity index (χ1v) is 7.42. The van der Waals surface area contributed by atoms with Gasteiger partial charge in [-0.15, -0.1) is 0 Å². The number of carbonyl (C=O) groups is 2. The molecule has 0 spiro atoms. The molecule has 0 aliphatic carbocycles. The number of hydrogen-bond donors (Lipinski definition) is 2. The summed E-state index contributed by atoms with van der Waals surface area (Å²) < 4.78 is 6.32. The van der Waals surface area contributed by atoms with Gasteiger partial charge in [-0.25, -0.2) is 4.79 Å². The lowest BCUT2D eigenvalue weighted by Gasteiger charge is -2.18. The zero-order chi connectivity index (χ0) is 15.3. The van der Waals surface area contributed by atoms with E-state index < -0.39 is 12.1 Å². The van der Waals surface area contributed by atoms with E-state index in [0.717, 1.165) is 9.99 Å². The van der Waals surface area contributed by atoms with Crippen molar-refractivity contribution >= 4 is 34.5 Å². The number of nitrogens with one attached hydrogen (secondary N) is 1. The van der Waals surface area contributed by atoms with E-state index in [1.807, 2.05) is 36.4 Å². The van der Waals surface area contributed by atoms with Crippen LogP contribution in [0.5, 0.6) is 5.75 Å². The van der Waals surface area contributed by atoms with Gasteiger partial charge in [-0.3, -0.25) is 4.79 Å². The maximum atomic E-state index is 11.9. The molecular formula is C14H18INO4. The lowest BCUT2D eigenvalue weighted by molar-refractivity contribution is -0.127. The van der Waals surface area contributed by atoms with E-state index >= 15 is 0 Å². The number of hydrogen-bond acceptors (Lipinski definition) is 3. The predicted octanol–water partition coefficient (Wildman–Crippen LogP) is 2.67. The van der Waals surface area contributed by atoms with Gasteiger partial charge in [0, 0.05) is 6.04 Å². The van der Waals surface area contributed by atoms with Crippen molar-refractivity contribution in [3.8, 4) is 5.75 Å². The van der Waals surface area contributed by atoms with Crippen molar-refractivity contribution in [2.75, 3.05) is 0 Å². The van der Waals surface area contributed by atoms with E-state index in [9.17, 15) is 9.59 Å². The van der Waals surface area contributed by atoms with E-state index in [-0.39, 0.29) is 17.5 Å². The molecule has 0 aliphatic heterocycles. The van der Waals surface area contributed by atoms with Gasteiger partial charge >= 0.3 is 5.97 Å². The quantitative estimate of drug-likeness (QED) is 0.732. The van der Waals surface area contributed by atoms with Gasteiger partial charge in [-0.2, -0.15) is 0 Å². The van der Waals surface area contributed by atoms with Crippen LogP contribution in [0.4, 0.5) is 0 Å². The third-order valence-corrected chi connectivity index (χ3v) is 3.74. The van der Waals surface area contributed by atoms with Crippen LogP contribution in [0.15, 0.2) is 18.2 Å². The Hall–Kier alpha value is -1.31. The second kappa shape index (κ2) is 7.47. The van der Waals surface area contributed by atoms with Gasteiger partial charge < -0.3 is 15.2 Å². The van der Waals surface area contributed by atoms with Gasteiger partial charge in [-0.1, -0.05) is 6.92 Å². The Labute approximate surface area is 131 Å². The zero-order valence-electron chi connectivity index (χ0n) is 11.6. The number of carbonyl (C=O) groups excluding carboxylic acids is 1. The minimum atomic E-state index is -1.03. The Bertz CT molecular complexity index is 504. The van der Waals surface area contributed by atoms with Crippen molar-refractivity contribution < 1.29 is 19.4 Å². The molecule has 2 unspecified atom stereocenters. The smallest absolute Gasteiger partial charge is 0.335 e. The third-order valence-electron chi connectivity index (χ3n) is 2.85. The fourth-order valence-corrected chi connectivity index (χ4v) is 1.90. The van der Waals surface area contributed by atoms with Gasteiger partial charge in [0.25, 0.3) is 5.91 Å². The van der Waals surface area contributed by atoms with Crippen molar-refractivity contribution in [1.29, 1.82) is 0 Å². The van der Waals surface area contributed by atoms with E-state index in [1.54, 1.807) is 13.0 Å². The molecular weight excluding hydrogens is 373 g/mol. The number of halogens is 1. The summed E-state index contributed by atoms with van der Waals surface area (Å²) in [6, 6.07) is 4.66. The monoisotopic (exact) mass is 391 g/mol. The molecule has 0 saturated carbocycles. The van der Waals surface area contributed by atoms with Gasteiger partial charge in [0.2, 0.25) is 0 Å². The van der Waals surface area contributed by atoms with Crippen LogP contribution in [-0.2, 0) is 4.79 Å². The number of amides is 1. The molecule has 2 N–H and O–H groups in total. The van der Waals surface area contributed by atoms with Crippen LogP contribution in [0.1, 0.15) is 37.6 Å². The number of ether oxygens (including phenoxy) is 1. The van der Waals surface area contributed by atoms with Gasteiger partial charge in [-0.05, 0) is 61.1 Å². The fraction of sp³-hybridized carbons (Fsp3) is 0.429. The van der Waals surface area contributed by atoms with Crippen molar-refractivity contribution in [2.24, 2.45) is 0 Å². The van der Waals surface area contributed by atoms with Crippen LogP contribution in [0.2, 0.25) is 0 Å². The second-order valence-electron chi connectivity index (χ2n) is 4.53. The highest BCUT2D eigenvalue weighted by Gasteiger charge is 2.18. The molecule has 0 fully saturated rings. The largest absolute Gasteiger partial charge is 0.480 e. The molecule has 1 rings (SSSR count). The van der Waals surface area contributed by atoms with Gasteiger partial charge in [0.15, 0.2) is 6.10 Å². The number of carboxylic acid groups (broad SMARTS) is 1. The molecule has 110 valence electrons. The highest BCUT2D eigenvalue weighted by atomic mass is 127. The van der Waals surface area contributed by atoms with E-state index in [1.165, 1.54) is 12.1 Å². The summed E-state index contributed by atoms with van der Waals surface area (Å²) >= 11 is 2.04. The third kappa shape index (κ3) is 4.66. The van der Waals surface area contributed by atoms with E-state index in [4.69, 9.17) is 9.84 Å². The molecule has 1 amide bonds. The van der Waals surface area contributed by atoms with Crippen LogP contribution in [0, 0.1) is 3.57 Å². The average Bonchev–Trinajstić information content (AvgIpc) is 2.40. The molecule has 0 aliphatic rings. The number of rotatable bonds is 6. The van der Waals surface area contributed by atoms with Gasteiger partial charge in [0.1, 0.15) is 5.75 Å². The Morgan fingerprint density at radius 2 is 2.05 bits per heavy atom. The number of aromatic carboxylic acids is 1. The second-order valence-corrected chi connectivity index (χ2v) is 5.69. The molecule has 1 aromatic carbocycles. The maximum Gasteiger partial charge on any atom is 0.335 e. The number of benzene rings is 1. The summed E-state index contributed by atoms with van der Waals surface area (Å²) in [6.45, 7) is 5.54. The minimum Gasteiger partial charge on any atom is -0.480 e. The highest BCUT2D eigenvalue weighted by Crippen LogP contribution is 2.23. The standard InChI is InChI=1S/C14H18INO4/c1-4-8(2)16-13(17)9(3)20-12-7-10(14(18)19)5-6-11(12)15/h5-9H,4H2,1-3H3,(H,16,17)(H,18,19). The topological polar surface area (TPSA) is 75.6 Å². The van der Waals surface area contributed by atoms with Gasteiger partial charge in [0.05, 0.1) is 9.13 Å². The fourth-order valence-electron chi connectivity index (χ4n) is 1.43. The normalized spacial score (nSPS) is 13.4. The molecule has 6 heteroatoms. The Morgan fingerprint density at radius 3 is 2.60 bits per heavy atom. The molecule has 2 atom stereocenters. The first-order chi connectivity index (χ1) is 9.35. The SMILES string of the molecule is CCC(C)NC(=O)C(C)Oc1cc(C(=O)O)ccc1I. The Balaban J connectivity index is 2.79. The average molecular weight is 391 g/mol. The predicted molar refractivity (Wildman–Crippen MR) is 84.1 cm³/mol. The maximum absolute atomic E-state index is 11.9. The summed E-state index contributed by atoms with van der Waals surface area (Å²) in [5.41, 5.74) is 0.134. The van der Waals surface area contributed by atoms with Crippen LogP contribution in [0.25, 0.3) is 0 Å². The summed E-state index contributed by atoms with van der Waals surface area (Å²) in [6.07, 6.45) is 0.159. The molecule has 0 aromatic heterocycles. The van der Waals surface area contributed by atoms with Crippen molar-refractivity contribution in [1.82, 2.24) is 5.32 Å². The summed E-state index contributed by atoms with van der Waals surface area (Å²) in [7, 11) is 0. The zero-order valence-corrected chi connectivity index (χ0v) is 13.8. The summed E-state index contributed by atoms with van der Waals surface area (Å²) in [5, 5.41) is 11.8. The molecule has 0 radical (unpaired) electrons. The van der Waals surface area contributed by atoms with Crippen LogP contribution in [-0.4, -0.2) is 29.1 Å². The molecule has 20 heavy (non-hydrogen) atoms. The Morgan fingerprint density at radius 1 is 1.40 bits per heavy atom. The first-order valence-electron chi connectivity index (χ1n) is 6.35. The Kier molecular flexibility index (Phi) is 6.25. The van der Waals surface area contributed by atoms with Crippen LogP contribution >= 0.6 is 22.6 Å². The molecule has 0 saturated heterocycles. The molecule has 0 bridgehead atoms. The summed E-state index contributed by atoms with van der Waals surface area (Å²) in [4.78, 5) is 22.8. The lowest BCUT2D eigenvalue weighted by atomic mass is 10.2. The van der Waals surface area contributed by atoms with Crippen LogP contribution in [0.3, 0.4) is 0 Å².